The second-order valence-corrected chi connectivity index (χ2v) is 11.5. The van der Waals surface area contributed by atoms with Crippen LogP contribution in [0.25, 0.3) is 0 Å². The van der Waals surface area contributed by atoms with Crippen molar-refractivity contribution in [1.82, 2.24) is 4.90 Å². The van der Waals surface area contributed by atoms with Crippen molar-refractivity contribution in [1.29, 1.82) is 0 Å². The van der Waals surface area contributed by atoms with E-state index in [4.69, 9.17) is 8.85 Å². The Labute approximate surface area is 115 Å². The molecule has 0 N–H and O–H groups in total. The minimum absolute atomic E-state index is 0.0890. The minimum atomic E-state index is -4.59. The number of carbonyl (C=O) groups excluding carboxylic acids is 1. The summed E-state index contributed by atoms with van der Waals surface area (Å²) in [6.45, 7) is 9.59. The summed E-state index contributed by atoms with van der Waals surface area (Å²) < 4.78 is 25.4. The summed E-state index contributed by atoms with van der Waals surface area (Å²) in [4.78, 5) is 13.4. The molecule has 19 heavy (non-hydrogen) atoms. The van der Waals surface area contributed by atoms with Crippen molar-refractivity contribution in [2.75, 3.05) is 12.8 Å². The van der Waals surface area contributed by atoms with Crippen LogP contribution in [0.5, 0.6) is 0 Å². The number of nitrogens with zero attached hydrogens (tertiary/aromatic N) is 1. The second-order valence-electron chi connectivity index (χ2n) is 7.44. The maximum atomic E-state index is 15.2. The van der Waals surface area contributed by atoms with E-state index in [-0.39, 0.29) is 23.9 Å². The first kappa shape index (κ1) is 14.9. The van der Waals surface area contributed by atoms with Crippen LogP contribution in [0.2, 0.25) is 6.55 Å². The van der Waals surface area contributed by atoms with Gasteiger partial charge in [0.1, 0.15) is 0 Å². The molecular weight excluding hydrogens is 265 g/mol. The summed E-state index contributed by atoms with van der Waals surface area (Å²) in [5, 5.41) is 0. The average molecular weight is 290 g/mol. The molecular formula is C13H25FNO3Si-. The van der Waals surface area contributed by atoms with Gasteiger partial charge in [-0.05, 0) is 0 Å². The number of halogens is 1. The first-order valence-electron chi connectivity index (χ1n) is 6.97. The van der Waals surface area contributed by atoms with Gasteiger partial charge in [-0.2, -0.15) is 0 Å². The third-order valence-corrected chi connectivity index (χ3v) is 7.07. The fourth-order valence-corrected chi connectivity index (χ4v) is 6.35. The van der Waals surface area contributed by atoms with E-state index in [0.717, 1.165) is 19.3 Å². The van der Waals surface area contributed by atoms with E-state index in [9.17, 15) is 4.79 Å². The van der Waals surface area contributed by atoms with Gasteiger partial charge in [0.25, 0.3) is 0 Å². The van der Waals surface area contributed by atoms with Gasteiger partial charge in [-0.15, -0.1) is 0 Å². The predicted octanol–water partition coefficient (Wildman–Crippen LogP) is 2.63. The molecule has 2 heterocycles. The summed E-state index contributed by atoms with van der Waals surface area (Å²) in [7, 11) is -4.59. The maximum absolute atomic E-state index is 15.2. The fourth-order valence-electron chi connectivity index (χ4n) is 3.48. The molecule has 0 atom stereocenters. The molecule has 2 rings (SSSR count). The van der Waals surface area contributed by atoms with Crippen molar-refractivity contribution in [2.45, 2.75) is 64.6 Å². The van der Waals surface area contributed by atoms with Crippen LogP contribution < -0.4 is 0 Å². The van der Waals surface area contributed by atoms with Gasteiger partial charge in [0.15, 0.2) is 0 Å². The molecule has 2 aliphatic heterocycles. The summed E-state index contributed by atoms with van der Waals surface area (Å²) >= 11 is 0. The van der Waals surface area contributed by atoms with Gasteiger partial charge in [-0.1, -0.05) is 0 Å². The molecule has 0 bridgehead atoms. The molecule has 2 saturated heterocycles. The summed E-state index contributed by atoms with van der Waals surface area (Å²) in [5.41, 5.74) is -0.225. The molecule has 0 aromatic rings. The molecule has 0 saturated carbocycles. The van der Waals surface area contributed by atoms with E-state index < -0.39 is 14.1 Å². The number of carbonyl (C=O) groups is 1. The average Bonchev–Trinajstić information content (AvgIpc) is 2.49. The van der Waals surface area contributed by atoms with Crippen LogP contribution in [-0.2, 0) is 13.6 Å². The molecule has 0 radical (unpaired) electrons. The zero-order chi connectivity index (χ0) is 14.6. The van der Waals surface area contributed by atoms with Gasteiger partial charge in [0.2, 0.25) is 0 Å². The number of likely N-dealkylation sites (tertiary alicyclic amines) is 1. The predicted molar refractivity (Wildman–Crippen MR) is 73.5 cm³/mol. The van der Waals surface area contributed by atoms with Crippen LogP contribution in [0.15, 0.2) is 0 Å². The van der Waals surface area contributed by atoms with E-state index in [0.29, 0.717) is 0 Å². The first-order chi connectivity index (χ1) is 8.43. The summed E-state index contributed by atoms with van der Waals surface area (Å²) in [6.07, 6.45) is 3.25. The molecule has 0 unspecified atom stereocenters. The Morgan fingerprint density at radius 3 is 2.21 bits per heavy atom. The summed E-state index contributed by atoms with van der Waals surface area (Å²) in [6, 6.07) is 0. The van der Waals surface area contributed by atoms with Gasteiger partial charge in [-0.25, -0.2) is 0 Å². The van der Waals surface area contributed by atoms with E-state index in [1.165, 1.54) is 6.55 Å². The van der Waals surface area contributed by atoms with Crippen molar-refractivity contribution >= 4 is 14.1 Å². The molecule has 0 spiro atoms. The molecule has 0 aromatic heterocycles. The topological polar surface area (TPSA) is 38.8 Å². The van der Waals surface area contributed by atoms with Crippen LogP contribution in [0.3, 0.4) is 0 Å². The van der Waals surface area contributed by atoms with Crippen LogP contribution >= 0.6 is 0 Å². The Kier molecular flexibility index (Phi) is 3.16. The molecule has 2 fully saturated rings. The van der Waals surface area contributed by atoms with Crippen molar-refractivity contribution < 1.29 is 17.8 Å². The van der Waals surface area contributed by atoms with Crippen molar-refractivity contribution in [3.8, 4) is 0 Å². The first-order valence-corrected chi connectivity index (χ1v) is 9.87. The van der Waals surface area contributed by atoms with Gasteiger partial charge in [0.05, 0.1) is 0 Å². The molecule has 0 aliphatic carbocycles. The van der Waals surface area contributed by atoms with Gasteiger partial charge in [0, 0.05) is 0 Å². The van der Waals surface area contributed by atoms with Crippen LogP contribution in [0.4, 0.5) is 4.11 Å². The molecule has 112 valence electrons. The van der Waals surface area contributed by atoms with E-state index in [2.05, 4.69) is 32.6 Å². The Balaban J connectivity index is 2.27. The monoisotopic (exact) mass is 290 g/mol. The van der Waals surface area contributed by atoms with Gasteiger partial charge >= 0.3 is 114 Å². The van der Waals surface area contributed by atoms with Gasteiger partial charge < -0.3 is 0 Å². The van der Waals surface area contributed by atoms with Crippen LogP contribution in [0.1, 0.15) is 47.0 Å². The van der Waals surface area contributed by atoms with Gasteiger partial charge in [-0.3, -0.25) is 0 Å². The van der Waals surface area contributed by atoms with E-state index in [1.807, 2.05) is 0 Å². The van der Waals surface area contributed by atoms with E-state index >= 15 is 4.11 Å². The zero-order valence-corrected chi connectivity index (χ0v) is 13.6. The van der Waals surface area contributed by atoms with Crippen LogP contribution in [0, 0.1) is 0 Å². The Bertz CT molecular complexity index is 393. The number of hydrogen-bond acceptors (Lipinski definition) is 4. The quantitative estimate of drug-likeness (QED) is 0.579. The molecule has 0 amide bonds. The van der Waals surface area contributed by atoms with Crippen LogP contribution in [-0.4, -0.2) is 42.9 Å². The molecule has 6 heteroatoms. The Hall–Kier alpha value is -0.463. The normalized spacial score (nSPS) is 34.2. The third-order valence-electron chi connectivity index (χ3n) is 4.46. The molecule has 0 aromatic carbocycles. The fraction of sp³-hybridized carbons (Fsp3) is 0.923. The number of hydrogen-bond donors (Lipinski definition) is 0. The molecule has 2 aliphatic rings. The summed E-state index contributed by atoms with van der Waals surface area (Å²) in [5.74, 6) is -0.578. The zero-order valence-electron chi connectivity index (χ0n) is 12.6. The second kappa shape index (κ2) is 4.02. The third kappa shape index (κ3) is 2.85. The van der Waals surface area contributed by atoms with Crippen molar-refractivity contribution in [2.24, 2.45) is 0 Å². The number of rotatable bonds is 2. The van der Waals surface area contributed by atoms with Crippen molar-refractivity contribution in [3.05, 3.63) is 0 Å². The SMILES string of the molecule is CC1(C)CCCC(C)(C)N1C[Si-]1(C)(F)OCC(=O)O1. The Morgan fingerprint density at radius 2 is 1.79 bits per heavy atom. The molecule has 4 nitrogen and oxygen atoms in total. The Morgan fingerprint density at radius 1 is 1.26 bits per heavy atom. The number of piperidine rings is 1. The standard InChI is InChI=1S/C13H25FNO3Si/c1-12(2)7-6-8-13(3,4)15(12)10-19(5,14)17-9-11(16)18-19/h6-10H2,1-5H3/q-1. The van der Waals surface area contributed by atoms with Crippen molar-refractivity contribution in [3.63, 3.8) is 0 Å². The van der Waals surface area contributed by atoms with E-state index in [1.54, 1.807) is 0 Å².